The van der Waals surface area contributed by atoms with Crippen LogP contribution in [0.15, 0.2) is 109 Å². The van der Waals surface area contributed by atoms with Crippen LogP contribution in [0.5, 0.6) is 0 Å². The van der Waals surface area contributed by atoms with Crippen molar-refractivity contribution in [1.29, 1.82) is 0 Å². The number of aromatic carboxylic acids is 1. The van der Waals surface area contributed by atoms with E-state index in [0.717, 1.165) is 27.8 Å². The van der Waals surface area contributed by atoms with Crippen LogP contribution in [0, 0.1) is 5.92 Å². The van der Waals surface area contributed by atoms with Gasteiger partial charge in [0.15, 0.2) is 0 Å². The Labute approximate surface area is 293 Å². The predicted octanol–water partition coefficient (Wildman–Crippen LogP) is 4.79. The molecular formula is C39H44N4O5S. The molecule has 4 aromatic rings. The Morgan fingerprint density at radius 2 is 1.24 bits per heavy atom. The number of nitrogens with one attached hydrogen (secondary N) is 3. The van der Waals surface area contributed by atoms with Crippen molar-refractivity contribution in [2.75, 3.05) is 0 Å². The number of benzene rings is 4. The van der Waals surface area contributed by atoms with Crippen LogP contribution < -0.4 is 21.7 Å². The first-order valence-corrected chi connectivity index (χ1v) is 16.9. The van der Waals surface area contributed by atoms with Crippen LogP contribution in [-0.4, -0.2) is 52.2 Å². The molecule has 256 valence electrons. The lowest BCUT2D eigenvalue weighted by atomic mass is 9.96. The van der Waals surface area contributed by atoms with Gasteiger partial charge in [-0.2, -0.15) is 12.6 Å². The van der Waals surface area contributed by atoms with Crippen LogP contribution in [0.2, 0.25) is 0 Å². The maximum atomic E-state index is 13.9. The fraction of sp³-hybridized carbons (Fsp3) is 0.282. The van der Waals surface area contributed by atoms with Gasteiger partial charge in [0.2, 0.25) is 17.7 Å². The molecule has 0 aliphatic rings. The van der Waals surface area contributed by atoms with Crippen molar-refractivity contribution < 1.29 is 24.3 Å². The number of carbonyl (C=O) groups excluding carboxylic acids is 3. The maximum absolute atomic E-state index is 13.9. The minimum absolute atomic E-state index is 0.146. The summed E-state index contributed by atoms with van der Waals surface area (Å²) >= 11 is 4.51. The molecule has 49 heavy (non-hydrogen) atoms. The van der Waals surface area contributed by atoms with Gasteiger partial charge >= 0.3 is 5.97 Å². The Morgan fingerprint density at radius 3 is 1.84 bits per heavy atom. The fourth-order valence-electron chi connectivity index (χ4n) is 5.38. The van der Waals surface area contributed by atoms with E-state index >= 15 is 0 Å². The van der Waals surface area contributed by atoms with E-state index in [1.165, 1.54) is 12.1 Å². The van der Waals surface area contributed by atoms with Crippen LogP contribution in [0.1, 0.15) is 47.3 Å². The first-order chi connectivity index (χ1) is 23.5. The van der Waals surface area contributed by atoms with Gasteiger partial charge in [-0.1, -0.05) is 117 Å². The highest BCUT2D eigenvalue weighted by atomic mass is 32.1. The van der Waals surface area contributed by atoms with Gasteiger partial charge in [-0.15, -0.1) is 0 Å². The summed E-state index contributed by atoms with van der Waals surface area (Å²) in [7, 11) is 0. The zero-order chi connectivity index (χ0) is 35.3. The highest BCUT2D eigenvalue weighted by molar-refractivity contribution is 7.81. The van der Waals surface area contributed by atoms with Crippen LogP contribution in [0.3, 0.4) is 0 Å². The first-order valence-electron chi connectivity index (χ1n) is 16.4. The third kappa shape index (κ3) is 10.8. The molecule has 6 N–H and O–H groups in total. The van der Waals surface area contributed by atoms with Crippen molar-refractivity contribution in [1.82, 2.24) is 16.0 Å². The van der Waals surface area contributed by atoms with E-state index in [1.807, 2.05) is 98.8 Å². The molecule has 10 heteroatoms. The number of carboxylic acid groups (broad SMARTS) is 1. The van der Waals surface area contributed by atoms with Crippen LogP contribution in [0.25, 0.3) is 11.1 Å². The lowest BCUT2D eigenvalue weighted by molar-refractivity contribution is -0.133. The minimum atomic E-state index is -1.04. The second-order valence-corrected chi connectivity index (χ2v) is 12.8. The molecule has 0 fully saturated rings. The average Bonchev–Trinajstić information content (AvgIpc) is 3.13. The van der Waals surface area contributed by atoms with Gasteiger partial charge in [-0.25, -0.2) is 4.79 Å². The molecule has 0 unspecified atom stereocenters. The molecule has 9 nitrogen and oxygen atoms in total. The number of amides is 3. The van der Waals surface area contributed by atoms with E-state index in [-0.39, 0.29) is 30.2 Å². The number of hydrogen-bond donors (Lipinski definition) is 6. The maximum Gasteiger partial charge on any atom is 0.335 e. The Hall–Kier alpha value is -4.93. The van der Waals surface area contributed by atoms with E-state index in [4.69, 9.17) is 5.73 Å². The molecule has 5 atom stereocenters. The molecule has 0 spiro atoms. The number of rotatable bonds is 16. The molecule has 4 aromatic carbocycles. The summed E-state index contributed by atoms with van der Waals surface area (Å²) in [6.45, 7) is 4.16. The Morgan fingerprint density at radius 1 is 0.694 bits per heavy atom. The SMILES string of the molecule is CC[C@H](C)[C@H](NC(=O)[C@H](Cc1ccc(-c2ccccc2)cc1)NC(=O)[C@@H](S)[C@@H](N)Cc1ccc(C(=O)O)cc1)C(=O)NCc1ccccc1. The van der Waals surface area contributed by atoms with Gasteiger partial charge in [0, 0.05) is 19.0 Å². The number of nitrogens with two attached hydrogens (primary N) is 1. The third-order valence-electron chi connectivity index (χ3n) is 8.58. The van der Waals surface area contributed by atoms with Crippen LogP contribution >= 0.6 is 12.6 Å². The highest BCUT2D eigenvalue weighted by Gasteiger charge is 2.32. The standard InChI is InChI=1S/C39H44N4O5S/c1-3-25(2)34(37(45)41-24-28-10-6-4-7-11-28)43-36(44)33(23-27-14-18-30(19-15-27)29-12-8-5-9-13-29)42-38(46)35(49)32(40)22-26-16-20-31(21-17-26)39(47)48/h4-21,25,32-35,49H,3,22-24,40H2,1-2H3,(H,41,45)(H,42,46)(H,43,44)(H,47,48)/t25-,32-,33-,34-,35-/m0/s1. The van der Waals surface area contributed by atoms with Crippen molar-refractivity contribution in [2.45, 2.75) is 63.0 Å². The first kappa shape index (κ1) is 36.9. The van der Waals surface area contributed by atoms with Crippen molar-refractivity contribution >= 4 is 36.3 Å². The van der Waals surface area contributed by atoms with Gasteiger partial charge in [-0.05, 0) is 52.3 Å². The lowest BCUT2D eigenvalue weighted by Gasteiger charge is -2.28. The van der Waals surface area contributed by atoms with Crippen LogP contribution in [-0.2, 0) is 33.8 Å². The van der Waals surface area contributed by atoms with Gasteiger partial charge in [-0.3, -0.25) is 14.4 Å². The van der Waals surface area contributed by atoms with E-state index in [0.29, 0.717) is 13.0 Å². The smallest absolute Gasteiger partial charge is 0.335 e. The Balaban J connectivity index is 1.51. The minimum Gasteiger partial charge on any atom is -0.478 e. The van der Waals surface area contributed by atoms with E-state index in [2.05, 4.69) is 28.6 Å². The zero-order valence-corrected chi connectivity index (χ0v) is 28.6. The predicted molar refractivity (Wildman–Crippen MR) is 195 cm³/mol. The quantitative estimate of drug-likeness (QED) is 0.0937. The third-order valence-corrected chi connectivity index (χ3v) is 9.20. The molecule has 0 aliphatic heterocycles. The van der Waals surface area contributed by atoms with Crippen molar-refractivity contribution in [2.24, 2.45) is 11.7 Å². The lowest BCUT2D eigenvalue weighted by Crippen LogP contribution is -2.57. The normalized spacial score (nSPS) is 14.0. The van der Waals surface area contributed by atoms with Crippen molar-refractivity contribution in [3.8, 4) is 11.1 Å². The average molecular weight is 681 g/mol. The fourth-order valence-corrected chi connectivity index (χ4v) is 5.56. The van der Waals surface area contributed by atoms with E-state index in [1.54, 1.807) is 12.1 Å². The van der Waals surface area contributed by atoms with Gasteiger partial charge in [0.05, 0.1) is 10.8 Å². The van der Waals surface area contributed by atoms with E-state index < -0.39 is 41.2 Å². The second-order valence-electron chi connectivity index (χ2n) is 12.2. The highest BCUT2D eigenvalue weighted by Crippen LogP contribution is 2.20. The number of carbonyl (C=O) groups is 4. The summed E-state index contributed by atoms with van der Waals surface area (Å²) in [5.41, 5.74) is 11.1. The Bertz CT molecular complexity index is 1680. The largest absolute Gasteiger partial charge is 0.478 e. The van der Waals surface area contributed by atoms with E-state index in [9.17, 15) is 24.3 Å². The molecule has 0 bridgehead atoms. The topological polar surface area (TPSA) is 151 Å². The number of hydrogen-bond acceptors (Lipinski definition) is 6. The molecule has 0 aliphatic carbocycles. The molecule has 0 aromatic heterocycles. The van der Waals surface area contributed by atoms with Crippen molar-refractivity contribution in [3.05, 3.63) is 131 Å². The van der Waals surface area contributed by atoms with Gasteiger partial charge < -0.3 is 26.8 Å². The molecule has 4 rings (SSSR count). The Kier molecular flexibility index (Phi) is 13.6. The monoisotopic (exact) mass is 680 g/mol. The number of thiol groups is 1. The van der Waals surface area contributed by atoms with Crippen molar-refractivity contribution in [3.63, 3.8) is 0 Å². The summed E-state index contributed by atoms with van der Waals surface area (Å²) in [5.74, 6) is -2.57. The van der Waals surface area contributed by atoms with Gasteiger partial charge in [0.1, 0.15) is 12.1 Å². The summed E-state index contributed by atoms with van der Waals surface area (Å²) in [6.07, 6.45) is 1.07. The summed E-state index contributed by atoms with van der Waals surface area (Å²) in [5, 5.41) is 16.9. The molecule has 0 saturated carbocycles. The molecule has 0 radical (unpaired) electrons. The number of carboxylic acids is 1. The summed E-state index contributed by atoms with van der Waals surface area (Å²) in [6, 6.07) is 30.8. The molecule has 0 heterocycles. The summed E-state index contributed by atoms with van der Waals surface area (Å²) < 4.78 is 0. The zero-order valence-electron chi connectivity index (χ0n) is 27.7. The molecular weight excluding hydrogens is 637 g/mol. The summed E-state index contributed by atoms with van der Waals surface area (Å²) in [4.78, 5) is 52.1. The molecule has 0 saturated heterocycles. The van der Waals surface area contributed by atoms with Crippen LogP contribution in [0.4, 0.5) is 0 Å². The molecule has 3 amide bonds. The second kappa shape index (κ2) is 18.0. The van der Waals surface area contributed by atoms with Gasteiger partial charge in [0.25, 0.3) is 0 Å².